The van der Waals surface area contributed by atoms with Gasteiger partial charge < -0.3 is 29.2 Å². The molecule has 12 heteroatoms. The average molecular weight is 615 g/mol. The fourth-order valence-corrected chi connectivity index (χ4v) is 6.21. The number of hydrogen-bond acceptors (Lipinski definition) is 10. The lowest BCUT2D eigenvalue weighted by Gasteiger charge is -2.13. The second kappa shape index (κ2) is 13.7. The molecular weight excluding hydrogens is 584 g/mol. The maximum atomic E-state index is 12.6. The number of fused-ring (bicyclic) bond motifs is 2. The molecule has 4 rings (SSSR count). The number of carbonyl (C=O) groups is 4. The topological polar surface area (TPSA) is 146 Å². The summed E-state index contributed by atoms with van der Waals surface area (Å²) in [5.41, 5.74) is 0. The van der Waals surface area contributed by atoms with E-state index in [0.29, 0.717) is 52.4 Å². The SMILES string of the molecule is COc1cc2cc(C(=O)CCC(=O)O)sc2cc1OCCCOc1cc2sc(C(=O)C[C@H](C)C(=O)O)cc2cc1OC. The van der Waals surface area contributed by atoms with Gasteiger partial charge in [-0.05, 0) is 35.0 Å². The van der Waals surface area contributed by atoms with Gasteiger partial charge in [0.15, 0.2) is 34.6 Å². The molecule has 42 heavy (non-hydrogen) atoms. The van der Waals surface area contributed by atoms with Crippen molar-refractivity contribution in [3.8, 4) is 23.0 Å². The maximum absolute atomic E-state index is 12.6. The van der Waals surface area contributed by atoms with Crippen LogP contribution in [0.2, 0.25) is 0 Å². The van der Waals surface area contributed by atoms with Crippen LogP contribution in [0.15, 0.2) is 36.4 Å². The molecule has 2 aromatic heterocycles. The summed E-state index contributed by atoms with van der Waals surface area (Å²) in [6.45, 7) is 2.15. The number of hydrogen-bond donors (Lipinski definition) is 2. The molecule has 10 nitrogen and oxygen atoms in total. The first-order valence-corrected chi connectivity index (χ1v) is 14.7. The Morgan fingerprint density at radius 2 is 1.21 bits per heavy atom. The Morgan fingerprint density at radius 3 is 1.67 bits per heavy atom. The van der Waals surface area contributed by atoms with Crippen LogP contribution in [0, 0.1) is 5.92 Å². The quantitative estimate of drug-likeness (QED) is 0.109. The highest BCUT2D eigenvalue weighted by Crippen LogP contribution is 2.38. The van der Waals surface area contributed by atoms with Crippen molar-refractivity contribution >= 4 is 66.4 Å². The van der Waals surface area contributed by atoms with E-state index in [1.54, 1.807) is 36.4 Å². The minimum atomic E-state index is -1.01. The minimum absolute atomic E-state index is 0.0573. The van der Waals surface area contributed by atoms with Gasteiger partial charge in [0.25, 0.3) is 0 Å². The van der Waals surface area contributed by atoms with Crippen molar-refractivity contribution in [1.29, 1.82) is 0 Å². The predicted molar refractivity (Wildman–Crippen MR) is 159 cm³/mol. The number of rotatable bonds is 16. The third-order valence-electron chi connectivity index (χ3n) is 6.44. The molecule has 0 radical (unpaired) electrons. The molecule has 0 aliphatic rings. The Bertz CT molecular complexity index is 1630. The standard InChI is InChI=1S/C30H30O10S2/c1-16(30(35)36)9-20(32)28-13-18-11-22(38-3)24(15-26(18)42-28)40-8-4-7-39-23-14-25-17(10-21(23)37-2)12-27(41-25)19(31)5-6-29(33)34/h10-16H,4-9H2,1-3H3,(H,33,34)(H,35,36)/t16-/m0/s1. The van der Waals surface area contributed by atoms with E-state index in [2.05, 4.69) is 0 Å². The smallest absolute Gasteiger partial charge is 0.306 e. The van der Waals surface area contributed by atoms with E-state index in [4.69, 9.17) is 29.2 Å². The van der Waals surface area contributed by atoms with Gasteiger partial charge in [-0.15, -0.1) is 22.7 Å². The molecule has 0 unspecified atom stereocenters. The van der Waals surface area contributed by atoms with Gasteiger partial charge in [0.05, 0.1) is 49.5 Å². The molecule has 2 N–H and O–H groups in total. The summed E-state index contributed by atoms with van der Waals surface area (Å²) >= 11 is 2.56. The molecule has 0 aliphatic heterocycles. The van der Waals surface area contributed by atoms with Crippen LogP contribution >= 0.6 is 22.7 Å². The zero-order valence-corrected chi connectivity index (χ0v) is 24.9. The molecule has 0 aliphatic carbocycles. The summed E-state index contributed by atoms with van der Waals surface area (Å²) in [6, 6.07) is 10.7. The summed E-state index contributed by atoms with van der Waals surface area (Å²) < 4.78 is 24.5. The molecule has 4 aromatic rings. The molecule has 2 heterocycles. The van der Waals surface area contributed by atoms with Crippen LogP contribution in [-0.4, -0.2) is 61.2 Å². The summed E-state index contributed by atoms with van der Waals surface area (Å²) in [5, 5.41) is 19.6. The van der Waals surface area contributed by atoms with Gasteiger partial charge in [-0.3, -0.25) is 19.2 Å². The van der Waals surface area contributed by atoms with E-state index < -0.39 is 17.9 Å². The van der Waals surface area contributed by atoms with Crippen LogP contribution in [0.3, 0.4) is 0 Å². The Hall–Kier alpha value is -4.16. The number of carboxylic acids is 2. The van der Waals surface area contributed by atoms with Crippen molar-refractivity contribution in [2.75, 3.05) is 27.4 Å². The largest absolute Gasteiger partial charge is 0.493 e. The van der Waals surface area contributed by atoms with Crippen molar-refractivity contribution in [3.63, 3.8) is 0 Å². The number of ketones is 2. The van der Waals surface area contributed by atoms with Gasteiger partial charge in [-0.25, -0.2) is 0 Å². The minimum Gasteiger partial charge on any atom is -0.493 e. The fraction of sp³-hybridized carbons (Fsp3) is 0.333. The third-order valence-corrected chi connectivity index (χ3v) is 8.72. The molecule has 0 fully saturated rings. The van der Waals surface area contributed by atoms with Gasteiger partial charge in [0, 0.05) is 40.8 Å². The lowest BCUT2D eigenvalue weighted by molar-refractivity contribution is -0.141. The number of thiophene rings is 2. The number of methoxy groups -OCH3 is 2. The average Bonchev–Trinajstić information content (AvgIpc) is 3.58. The van der Waals surface area contributed by atoms with E-state index in [1.807, 2.05) is 0 Å². The van der Waals surface area contributed by atoms with Crippen molar-refractivity contribution in [1.82, 2.24) is 0 Å². The number of carbonyl (C=O) groups excluding carboxylic acids is 2. The molecule has 0 amide bonds. The Kier molecular flexibility index (Phi) is 10.0. The fourth-order valence-electron chi connectivity index (χ4n) is 4.15. The third kappa shape index (κ3) is 7.37. The second-order valence-electron chi connectivity index (χ2n) is 9.54. The second-order valence-corrected chi connectivity index (χ2v) is 11.7. The summed E-state index contributed by atoms with van der Waals surface area (Å²) in [4.78, 5) is 47.8. The number of carboxylic acid groups (broad SMARTS) is 2. The Labute approximate surface area is 249 Å². The first-order chi connectivity index (χ1) is 20.1. The van der Waals surface area contributed by atoms with E-state index in [9.17, 15) is 19.2 Å². The van der Waals surface area contributed by atoms with Gasteiger partial charge >= 0.3 is 11.9 Å². The van der Waals surface area contributed by atoms with Gasteiger partial charge in [0.2, 0.25) is 0 Å². The monoisotopic (exact) mass is 614 g/mol. The molecule has 2 aromatic carbocycles. The molecule has 0 saturated heterocycles. The molecule has 0 saturated carbocycles. The number of aliphatic carboxylic acids is 2. The highest BCUT2D eigenvalue weighted by Gasteiger charge is 2.20. The first-order valence-electron chi connectivity index (χ1n) is 13.1. The molecule has 1 atom stereocenters. The highest BCUT2D eigenvalue weighted by atomic mass is 32.1. The van der Waals surface area contributed by atoms with Crippen LogP contribution in [0.5, 0.6) is 23.0 Å². The predicted octanol–water partition coefficient (Wildman–Crippen LogP) is 6.32. The maximum Gasteiger partial charge on any atom is 0.306 e. The summed E-state index contributed by atoms with van der Waals surface area (Å²) in [7, 11) is 3.06. The molecule has 222 valence electrons. The van der Waals surface area contributed by atoms with E-state index in [0.717, 1.165) is 20.2 Å². The van der Waals surface area contributed by atoms with Gasteiger partial charge in [-0.2, -0.15) is 0 Å². The van der Waals surface area contributed by atoms with Crippen LogP contribution in [0.25, 0.3) is 20.2 Å². The van der Waals surface area contributed by atoms with Crippen molar-refractivity contribution in [3.05, 3.63) is 46.2 Å². The van der Waals surface area contributed by atoms with Gasteiger partial charge in [0.1, 0.15) is 0 Å². The summed E-state index contributed by atoms with van der Waals surface area (Å²) in [5.74, 6) is -1.16. The van der Waals surface area contributed by atoms with Crippen molar-refractivity contribution < 1.29 is 48.3 Å². The van der Waals surface area contributed by atoms with E-state index in [-0.39, 0.29) is 30.8 Å². The summed E-state index contributed by atoms with van der Waals surface area (Å²) in [6.07, 6.45) is 0.193. The zero-order chi connectivity index (χ0) is 30.4. The Morgan fingerprint density at radius 1 is 0.714 bits per heavy atom. The van der Waals surface area contributed by atoms with Crippen LogP contribution < -0.4 is 18.9 Å². The van der Waals surface area contributed by atoms with Crippen molar-refractivity contribution in [2.45, 2.75) is 32.6 Å². The zero-order valence-electron chi connectivity index (χ0n) is 23.3. The molecule has 0 spiro atoms. The van der Waals surface area contributed by atoms with Crippen molar-refractivity contribution in [2.24, 2.45) is 5.92 Å². The van der Waals surface area contributed by atoms with Crippen LogP contribution in [0.4, 0.5) is 0 Å². The van der Waals surface area contributed by atoms with Crippen LogP contribution in [0.1, 0.15) is 52.0 Å². The van der Waals surface area contributed by atoms with E-state index >= 15 is 0 Å². The molecule has 0 bridgehead atoms. The van der Waals surface area contributed by atoms with Gasteiger partial charge in [-0.1, -0.05) is 6.92 Å². The van der Waals surface area contributed by atoms with Crippen LogP contribution in [-0.2, 0) is 9.59 Å². The highest BCUT2D eigenvalue weighted by molar-refractivity contribution is 7.21. The first kappa shape index (κ1) is 30.8. The lowest BCUT2D eigenvalue weighted by atomic mass is 10.0. The number of ether oxygens (including phenoxy) is 4. The Balaban J connectivity index is 1.37. The normalized spacial score (nSPS) is 11.8. The number of Topliss-reactive ketones (excluding diaryl/α,β-unsaturated/α-hetero) is 2. The lowest BCUT2D eigenvalue weighted by Crippen LogP contribution is -2.13. The molecular formula is C30H30O10S2. The van der Waals surface area contributed by atoms with E-state index in [1.165, 1.54) is 43.8 Å². The number of benzene rings is 2.